The number of aryl methyl sites for hydroxylation is 2. The van der Waals surface area contributed by atoms with Gasteiger partial charge in [0.25, 0.3) is 5.91 Å². The number of aromatic nitrogens is 1. The van der Waals surface area contributed by atoms with Gasteiger partial charge in [0, 0.05) is 0 Å². The lowest BCUT2D eigenvalue weighted by atomic mass is 10.1. The number of thiazole rings is 1. The second-order valence-electron chi connectivity index (χ2n) is 7.02. The second kappa shape index (κ2) is 9.15. The maximum Gasteiger partial charge on any atom is 0.326 e. The minimum absolute atomic E-state index is 0.0115. The van der Waals surface area contributed by atoms with Crippen LogP contribution in [0.25, 0.3) is 10.2 Å². The molecule has 2 aromatic carbocycles. The molecule has 0 aliphatic heterocycles. The number of hydrogen-bond donors (Lipinski definition) is 0. The zero-order chi connectivity index (χ0) is 22.8. The monoisotopic (exact) mass is 460 g/mol. The molecule has 0 atom stereocenters. The number of esters is 1. The summed E-state index contributed by atoms with van der Waals surface area (Å²) in [7, 11) is -3.60. The van der Waals surface area contributed by atoms with Crippen molar-refractivity contribution in [3.05, 3.63) is 57.9 Å². The highest BCUT2D eigenvalue weighted by molar-refractivity contribution is 7.91. The van der Waals surface area contributed by atoms with Gasteiger partial charge < -0.3 is 9.30 Å². The molecule has 1 aromatic heterocycles. The second-order valence-corrected chi connectivity index (χ2v) is 10.2. The van der Waals surface area contributed by atoms with Gasteiger partial charge >= 0.3 is 5.97 Å². The van der Waals surface area contributed by atoms with Crippen LogP contribution in [0.15, 0.2) is 46.3 Å². The van der Waals surface area contributed by atoms with Crippen LogP contribution in [0.2, 0.25) is 0 Å². The normalized spacial score (nSPS) is 12.3. The van der Waals surface area contributed by atoms with Gasteiger partial charge in [0.15, 0.2) is 14.6 Å². The van der Waals surface area contributed by atoms with Crippen molar-refractivity contribution in [1.29, 1.82) is 0 Å². The minimum atomic E-state index is -3.60. The largest absolute Gasteiger partial charge is 0.465 e. The molecule has 0 bridgehead atoms. The van der Waals surface area contributed by atoms with Gasteiger partial charge in [-0.05, 0) is 50.1 Å². The zero-order valence-electron chi connectivity index (χ0n) is 17.8. The van der Waals surface area contributed by atoms with E-state index in [2.05, 4.69) is 4.99 Å². The maximum absolute atomic E-state index is 13.0. The first-order valence-corrected chi connectivity index (χ1v) is 12.3. The molecule has 0 aliphatic rings. The number of carbonyl (C=O) groups excluding carboxylic acids is 2. The van der Waals surface area contributed by atoms with Gasteiger partial charge in [-0.15, -0.1) is 0 Å². The van der Waals surface area contributed by atoms with Crippen molar-refractivity contribution in [2.24, 2.45) is 4.99 Å². The lowest BCUT2D eigenvalue weighted by Gasteiger charge is -2.07. The van der Waals surface area contributed by atoms with Gasteiger partial charge in [-0.25, -0.2) is 8.42 Å². The van der Waals surface area contributed by atoms with Crippen LogP contribution in [0, 0.1) is 13.8 Å². The van der Waals surface area contributed by atoms with E-state index in [4.69, 9.17) is 4.74 Å². The highest BCUT2D eigenvalue weighted by Gasteiger charge is 2.21. The summed E-state index contributed by atoms with van der Waals surface area (Å²) in [6, 6.07) is 9.98. The maximum atomic E-state index is 13.0. The molecule has 0 saturated carbocycles. The van der Waals surface area contributed by atoms with Crippen molar-refractivity contribution in [2.45, 2.75) is 39.1 Å². The first-order chi connectivity index (χ1) is 14.7. The topological polar surface area (TPSA) is 94.8 Å². The van der Waals surface area contributed by atoms with E-state index in [1.165, 1.54) is 30.4 Å². The Kier molecular flexibility index (Phi) is 6.76. The van der Waals surface area contributed by atoms with E-state index < -0.39 is 21.7 Å². The molecule has 3 rings (SSSR count). The Hall–Kier alpha value is -2.78. The van der Waals surface area contributed by atoms with E-state index in [1.807, 2.05) is 26.0 Å². The molecule has 0 saturated heterocycles. The van der Waals surface area contributed by atoms with Gasteiger partial charge in [-0.1, -0.05) is 36.5 Å². The molecule has 0 aliphatic carbocycles. The molecule has 0 spiro atoms. The van der Waals surface area contributed by atoms with E-state index in [0.717, 1.165) is 21.3 Å². The van der Waals surface area contributed by atoms with Crippen molar-refractivity contribution < 1.29 is 22.7 Å². The average Bonchev–Trinajstić information content (AvgIpc) is 3.05. The molecular weight excluding hydrogens is 436 g/mol. The Morgan fingerprint density at radius 2 is 1.84 bits per heavy atom. The number of carbonyl (C=O) groups is 2. The Balaban J connectivity index is 2.22. The van der Waals surface area contributed by atoms with Crippen LogP contribution in [0.5, 0.6) is 0 Å². The van der Waals surface area contributed by atoms with Gasteiger partial charge in [0.1, 0.15) is 6.54 Å². The fraction of sp³-hybridized carbons (Fsp3) is 0.318. The molecule has 3 aromatic rings. The highest BCUT2D eigenvalue weighted by Crippen LogP contribution is 2.24. The van der Waals surface area contributed by atoms with E-state index in [-0.39, 0.29) is 29.4 Å². The van der Waals surface area contributed by atoms with Crippen molar-refractivity contribution in [3.63, 3.8) is 0 Å². The van der Waals surface area contributed by atoms with Gasteiger partial charge in [-0.3, -0.25) is 9.59 Å². The smallest absolute Gasteiger partial charge is 0.326 e. The predicted molar refractivity (Wildman–Crippen MR) is 120 cm³/mol. The van der Waals surface area contributed by atoms with Crippen LogP contribution in [-0.2, 0) is 25.9 Å². The fourth-order valence-corrected chi connectivity index (χ4v) is 5.47. The van der Waals surface area contributed by atoms with Gasteiger partial charge in [-0.2, -0.15) is 4.99 Å². The SMILES string of the molecule is CCOC(=O)Cn1c(=NC(=O)c2ccccc2S(=O)(=O)CC)sc2c(C)cc(C)cc21. The number of nitrogens with zero attached hydrogens (tertiary/aromatic N) is 2. The molecule has 164 valence electrons. The summed E-state index contributed by atoms with van der Waals surface area (Å²) in [6.07, 6.45) is 0. The quantitative estimate of drug-likeness (QED) is 0.526. The third-order valence-corrected chi connectivity index (χ3v) is 7.75. The third-order valence-electron chi connectivity index (χ3n) is 4.74. The fourth-order valence-electron chi connectivity index (χ4n) is 3.30. The molecule has 0 N–H and O–H groups in total. The molecule has 0 unspecified atom stereocenters. The molecule has 1 amide bonds. The predicted octanol–water partition coefficient (Wildman–Crippen LogP) is 3.42. The van der Waals surface area contributed by atoms with Crippen molar-refractivity contribution >= 4 is 43.3 Å². The molecule has 7 nitrogen and oxygen atoms in total. The van der Waals surface area contributed by atoms with Crippen LogP contribution >= 0.6 is 11.3 Å². The summed E-state index contributed by atoms with van der Waals surface area (Å²) in [5.74, 6) is -1.24. The molecule has 9 heteroatoms. The summed E-state index contributed by atoms with van der Waals surface area (Å²) in [5, 5.41) is 0. The van der Waals surface area contributed by atoms with Crippen molar-refractivity contribution in [3.8, 4) is 0 Å². The number of sulfone groups is 1. The van der Waals surface area contributed by atoms with Crippen LogP contribution in [0.1, 0.15) is 35.3 Å². The number of amides is 1. The third kappa shape index (κ3) is 4.77. The Labute approximate surface area is 184 Å². The molecule has 31 heavy (non-hydrogen) atoms. The molecule has 1 heterocycles. The van der Waals surface area contributed by atoms with E-state index in [1.54, 1.807) is 23.6 Å². The van der Waals surface area contributed by atoms with Crippen LogP contribution in [0.3, 0.4) is 0 Å². The molecular formula is C22H24N2O5S2. The standard InChI is InChI=1S/C22H24N2O5S2/c1-5-29-19(25)13-24-17-12-14(3)11-15(4)20(17)30-22(24)23-21(26)16-9-7-8-10-18(16)31(27,28)6-2/h7-12H,5-6,13H2,1-4H3. The highest BCUT2D eigenvalue weighted by atomic mass is 32.2. The van der Waals surface area contributed by atoms with Crippen LogP contribution < -0.4 is 4.80 Å². The number of benzene rings is 2. The lowest BCUT2D eigenvalue weighted by molar-refractivity contribution is -0.143. The Bertz CT molecular complexity index is 1330. The first kappa shape index (κ1) is 22.9. The van der Waals surface area contributed by atoms with Crippen LogP contribution in [0.4, 0.5) is 0 Å². The number of ether oxygens (including phenoxy) is 1. The van der Waals surface area contributed by atoms with Crippen molar-refractivity contribution in [1.82, 2.24) is 4.57 Å². The average molecular weight is 461 g/mol. The number of hydrogen-bond acceptors (Lipinski definition) is 6. The summed E-state index contributed by atoms with van der Waals surface area (Å²) in [5.41, 5.74) is 2.80. The number of fused-ring (bicyclic) bond motifs is 1. The van der Waals surface area contributed by atoms with Gasteiger partial charge in [0.2, 0.25) is 0 Å². The summed E-state index contributed by atoms with van der Waals surface area (Å²) in [6.45, 7) is 7.30. The minimum Gasteiger partial charge on any atom is -0.465 e. The lowest BCUT2D eigenvalue weighted by Crippen LogP contribution is -2.23. The zero-order valence-corrected chi connectivity index (χ0v) is 19.5. The number of rotatable bonds is 6. The van der Waals surface area contributed by atoms with Gasteiger partial charge in [0.05, 0.1) is 33.0 Å². The Morgan fingerprint density at radius 3 is 2.52 bits per heavy atom. The van der Waals surface area contributed by atoms with E-state index >= 15 is 0 Å². The van der Waals surface area contributed by atoms with Crippen LogP contribution in [-0.4, -0.2) is 37.2 Å². The summed E-state index contributed by atoms with van der Waals surface area (Å²) >= 11 is 1.28. The first-order valence-electron chi connectivity index (χ1n) is 9.85. The summed E-state index contributed by atoms with van der Waals surface area (Å²) in [4.78, 5) is 29.7. The summed E-state index contributed by atoms with van der Waals surface area (Å²) < 4.78 is 32.5. The molecule has 0 fully saturated rings. The Morgan fingerprint density at radius 1 is 1.13 bits per heavy atom. The van der Waals surface area contributed by atoms with Crippen molar-refractivity contribution in [2.75, 3.05) is 12.4 Å². The van der Waals surface area contributed by atoms with E-state index in [0.29, 0.717) is 4.80 Å². The molecule has 0 radical (unpaired) electrons. The van der Waals surface area contributed by atoms with E-state index in [9.17, 15) is 18.0 Å².